The van der Waals surface area contributed by atoms with E-state index in [1.165, 1.54) is 7.11 Å². The minimum absolute atomic E-state index is 0.241. The third-order valence-corrected chi connectivity index (χ3v) is 3.22. The van der Waals surface area contributed by atoms with Gasteiger partial charge in [-0.2, -0.15) is 0 Å². The second kappa shape index (κ2) is 8.14. The number of benzene rings is 1. The lowest BCUT2D eigenvalue weighted by Crippen LogP contribution is -2.50. The first-order valence-corrected chi connectivity index (χ1v) is 6.75. The molecular weight excluding hydrogens is 288 g/mol. The number of ether oxygens (including phenoxy) is 1. The van der Waals surface area contributed by atoms with Gasteiger partial charge in [0.25, 0.3) is 0 Å². The third kappa shape index (κ3) is 5.17. The van der Waals surface area contributed by atoms with E-state index in [-0.39, 0.29) is 6.42 Å². The summed E-state index contributed by atoms with van der Waals surface area (Å²) >= 11 is 0. The quantitative estimate of drug-likeness (QED) is 0.610. The van der Waals surface area contributed by atoms with Crippen LogP contribution in [0.3, 0.4) is 0 Å². The minimum atomic E-state index is -1.22. The topological polar surface area (TPSA) is 119 Å². The number of esters is 1. The van der Waals surface area contributed by atoms with Gasteiger partial charge in [-0.1, -0.05) is 24.3 Å². The Hall–Kier alpha value is -2.41. The first-order chi connectivity index (χ1) is 10.3. The van der Waals surface area contributed by atoms with Gasteiger partial charge in [-0.15, -0.1) is 0 Å². The molecule has 120 valence electrons. The van der Waals surface area contributed by atoms with Crippen molar-refractivity contribution in [1.29, 1.82) is 0 Å². The van der Waals surface area contributed by atoms with Crippen molar-refractivity contribution in [3.63, 3.8) is 0 Å². The number of amides is 1. The molecule has 0 saturated heterocycles. The summed E-state index contributed by atoms with van der Waals surface area (Å²) in [4.78, 5) is 34.3. The first kappa shape index (κ1) is 17.6. The summed E-state index contributed by atoms with van der Waals surface area (Å²) in [6.45, 7) is 1.89. The van der Waals surface area contributed by atoms with Crippen molar-refractivity contribution >= 4 is 17.8 Å². The maximum Gasteiger partial charge on any atom is 0.328 e. The zero-order chi connectivity index (χ0) is 16.7. The van der Waals surface area contributed by atoms with E-state index >= 15 is 0 Å². The Morgan fingerprint density at radius 1 is 1.32 bits per heavy atom. The first-order valence-electron chi connectivity index (χ1n) is 6.75. The highest BCUT2D eigenvalue weighted by Crippen LogP contribution is 2.10. The van der Waals surface area contributed by atoms with Crippen LogP contribution in [0.2, 0.25) is 0 Å². The lowest BCUT2D eigenvalue weighted by atomic mass is 10.0. The monoisotopic (exact) mass is 308 g/mol. The molecule has 0 heterocycles. The lowest BCUT2D eigenvalue weighted by molar-refractivity contribution is -0.145. The average Bonchev–Trinajstić information content (AvgIpc) is 2.47. The third-order valence-electron chi connectivity index (χ3n) is 3.22. The van der Waals surface area contributed by atoms with Crippen LogP contribution < -0.4 is 11.1 Å². The molecule has 0 fully saturated rings. The number of carboxylic acids is 1. The molecule has 22 heavy (non-hydrogen) atoms. The number of aliphatic carboxylic acids is 1. The zero-order valence-corrected chi connectivity index (χ0v) is 12.5. The fraction of sp³-hybridized carbons (Fsp3) is 0.400. The smallest absolute Gasteiger partial charge is 0.328 e. The Labute approximate surface area is 128 Å². The number of nitrogens with two attached hydrogens (primary N) is 1. The number of carbonyl (C=O) groups excluding carboxylic acids is 2. The molecule has 1 rings (SSSR count). The molecule has 4 N–H and O–H groups in total. The van der Waals surface area contributed by atoms with Crippen LogP contribution in [-0.4, -0.2) is 42.1 Å². The highest BCUT2D eigenvalue weighted by molar-refractivity contribution is 5.89. The van der Waals surface area contributed by atoms with Crippen LogP contribution in [0.4, 0.5) is 0 Å². The summed E-state index contributed by atoms with van der Waals surface area (Å²) in [5.41, 5.74) is 7.34. The van der Waals surface area contributed by atoms with Crippen LogP contribution in [0.25, 0.3) is 0 Å². The number of rotatable bonds is 7. The van der Waals surface area contributed by atoms with Crippen molar-refractivity contribution in [2.45, 2.75) is 31.8 Å². The van der Waals surface area contributed by atoms with Crippen molar-refractivity contribution in [3.05, 3.63) is 35.4 Å². The van der Waals surface area contributed by atoms with Gasteiger partial charge in [0.2, 0.25) is 5.91 Å². The molecule has 0 radical (unpaired) electrons. The molecule has 7 nitrogen and oxygen atoms in total. The van der Waals surface area contributed by atoms with Gasteiger partial charge in [-0.25, -0.2) is 4.79 Å². The number of hydrogen-bond acceptors (Lipinski definition) is 5. The number of carboxylic acid groups (broad SMARTS) is 1. The lowest BCUT2D eigenvalue weighted by Gasteiger charge is -2.19. The van der Waals surface area contributed by atoms with E-state index in [9.17, 15) is 14.4 Å². The van der Waals surface area contributed by atoms with E-state index in [0.717, 1.165) is 11.1 Å². The molecule has 1 aromatic rings. The Bertz CT molecular complexity index is 559. The van der Waals surface area contributed by atoms with Crippen LogP contribution in [0.1, 0.15) is 17.5 Å². The van der Waals surface area contributed by atoms with Gasteiger partial charge in [0.1, 0.15) is 6.04 Å². The summed E-state index contributed by atoms with van der Waals surface area (Å²) < 4.78 is 4.68. The number of nitrogens with one attached hydrogen (secondary N) is 1. The maximum absolute atomic E-state index is 11.9. The number of carbonyl (C=O) groups is 3. The molecular formula is C15H20N2O5. The van der Waals surface area contributed by atoms with Crippen LogP contribution in [0, 0.1) is 6.92 Å². The molecule has 0 unspecified atom stereocenters. The Morgan fingerprint density at radius 3 is 2.50 bits per heavy atom. The van der Waals surface area contributed by atoms with Gasteiger partial charge in [0.15, 0.2) is 0 Å². The number of aryl methyl sites for hydroxylation is 1. The second-order valence-electron chi connectivity index (χ2n) is 4.92. The summed E-state index contributed by atoms with van der Waals surface area (Å²) in [6, 6.07) is 5.29. The van der Waals surface area contributed by atoms with E-state index in [1.807, 2.05) is 31.2 Å². The van der Waals surface area contributed by atoms with Crippen LogP contribution in [-0.2, 0) is 25.5 Å². The summed E-state index contributed by atoms with van der Waals surface area (Å²) in [7, 11) is 1.22. The zero-order valence-electron chi connectivity index (χ0n) is 12.5. The molecule has 0 aliphatic rings. The molecule has 1 aromatic carbocycles. The number of methoxy groups -OCH3 is 1. The number of hydrogen-bond donors (Lipinski definition) is 3. The fourth-order valence-corrected chi connectivity index (χ4v) is 1.95. The van der Waals surface area contributed by atoms with Gasteiger partial charge in [0.05, 0.1) is 19.6 Å². The molecule has 0 spiro atoms. The molecule has 0 aliphatic heterocycles. The van der Waals surface area contributed by atoms with Crippen molar-refractivity contribution in [3.8, 4) is 0 Å². The Kier molecular flexibility index (Phi) is 6.52. The van der Waals surface area contributed by atoms with E-state index in [4.69, 9.17) is 10.8 Å². The molecule has 0 saturated carbocycles. The Balaban J connectivity index is 2.81. The predicted molar refractivity (Wildman–Crippen MR) is 79.1 cm³/mol. The molecule has 2 atom stereocenters. The predicted octanol–water partition coefficient (Wildman–Crippen LogP) is -0.00268. The summed E-state index contributed by atoms with van der Waals surface area (Å²) in [5.74, 6) is -2.50. The van der Waals surface area contributed by atoms with E-state index in [1.54, 1.807) is 0 Å². The fourth-order valence-electron chi connectivity index (χ4n) is 1.95. The van der Waals surface area contributed by atoms with E-state index < -0.39 is 36.4 Å². The van der Waals surface area contributed by atoms with Crippen molar-refractivity contribution < 1.29 is 24.2 Å². The SMILES string of the molecule is COC(=O)[C@@H](Cc1ccccc1C)NC(=O)[C@@H](N)CC(=O)O. The largest absolute Gasteiger partial charge is 0.481 e. The normalized spacial score (nSPS) is 13.0. The average molecular weight is 308 g/mol. The summed E-state index contributed by atoms with van der Waals surface area (Å²) in [5, 5.41) is 11.1. The van der Waals surface area contributed by atoms with Gasteiger partial charge >= 0.3 is 11.9 Å². The van der Waals surface area contributed by atoms with Gasteiger partial charge in [-0.05, 0) is 18.1 Å². The van der Waals surface area contributed by atoms with Gasteiger partial charge in [-0.3, -0.25) is 9.59 Å². The van der Waals surface area contributed by atoms with Crippen LogP contribution >= 0.6 is 0 Å². The second-order valence-corrected chi connectivity index (χ2v) is 4.92. The van der Waals surface area contributed by atoms with Gasteiger partial charge < -0.3 is 20.9 Å². The molecule has 7 heteroatoms. The summed E-state index contributed by atoms with van der Waals surface area (Å²) in [6.07, 6.45) is -0.269. The highest BCUT2D eigenvalue weighted by Gasteiger charge is 2.26. The molecule has 0 bridgehead atoms. The minimum Gasteiger partial charge on any atom is -0.481 e. The van der Waals surface area contributed by atoms with E-state index in [0.29, 0.717) is 0 Å². The molecule has 1 amide bonds. The van der Waals surface area contributed by atoms with Crippen molar-refractivity contribution in [2.75, 3.05) is 7.11 Å². The molecule has 0 aliphatic carbocycles. The molecule has 0 aromatic heterocycles. The van der Waals surface area contributed by atoms with Crippen molar-refractivity contribution in [2.24, 2.45) is 5.73 Å². The standard InChI is InChI=1S/C15H20N2O5/c1-9-5-3-4-6-10(9)7-12(15(21)22-2)17-14(20)11(16)8-13(18)19/h3-6,11-12H,7-8,16H2,1-2H3,(H,17,20)(H,18,19)/t11-,12+/m0/s1. The highest BCUT2D eigenvalue weighted by atomic mass is 16.5. The van der Waals surface area contributed by atoms with E-state index in [2.05, 4.69) is 10.1 Å². The maximum atomic E-state index is 11.9. The van der Waals surface area contributed by atoms with Crippen LogP contribution in [0.15, 0.2) is 24.3 Å². The Morgan fingerprint density at radius 2 is 1.95 bits per heavy atom. The van der Waals surface area contributed by atoms with Gasteiger partial charge in [0, 0.05) is 6.42 Å². The van der Waals surface area contributed by atoms with Crippen molar-refractivity contribution in [1.82, 2.24) is 5.32 Å². The van der Waals surface area contributed by atoms with Crippen LogP contribution in [0.5, 0.6) is 0 Å².